The first kappa shape index (κ1) is 66.8. The van der Waals surface area contributed by atoms with E-state index in [0.717, 1.165) is 0 Å². The molecule has 8 aromatic rings. The summed E-state index contributed by atoms with van der Waals surface area (Å²) in [6, 6.07) is 25.2. The molecule has 10 rings (SSSR count). The van der Waals surface area contributed by atoms with Gasteiger partial charge < -0.3 is 62.2 Å². The molecule has 2 heterocycles. The quantitative estimate of drug-likeness (QED) is 0.0678. The van der Waals surface area contributed by atoms with Crippen molar-refractivity contribution in [3.8, 4) is 23.0 Å². The Hall–Kier alpha value is -12.1. The van der Waals surface area contributed by atoms with Crippen LogP contribution in [0.3, 0.4) is 0 Å². The monoisotopic (exact) mass is 1290 g/mol. The van der Waals surface area contributed by atoms with Crippen LogP contribution in [0.25, 0.3) is 0 Å². The number of hydrogen-bond acceptors (Lipinski definition) is 12. The van der Waals surface area contributed by atoms with Gasteiger partial charge in [0.2, 0.25) is 0 Å². The summed E-state index contributed by atoms with van der Waals surface area (Å²) in [7, 11) is 0. The van der Waals surface area contributed by atoms with E-state index in [-0.39, 0.29) is 115 Å². The number of rotatable bonds is 0. The number of amides is 8. The van der Waals surface area contributed by atoms with E-state index in [0.29, 0.717) is 66.8 Å². The van der Waals surface area contributed by atoms with E-state index < -0.39 is 58.8 Å². The highest BCUT2D eigenvalue weighted by atomic mass is 16.5. The third-order valence-corrected chi connectivity index (χ3v) is 16.5. The Morgan fingerprint density at radius 2 is 0.427 bits per heavy atom. The standard InChI is InChI=1S/C76H72N8O12/c1-37-21-49-65(85)50(22-37)70(88)78-58-34-62(46(10)30-42(58)6)82-74(92)54-26-40(4)28-56-68(54)96-20-18-16-14-13-15-17-19-95-67-53(73(91)81-61-33-57(77-69(49)87)41(5)29-45(61)9)25-39(3)27-55(67)75(93)83-63-35-59(43(7)31-47(63)11)79-71(89)51-23-38(2)24-52(66(51)86)72(90)80-60-36-64(84-76(56)94)48(12)32-44(60)8/h13-18,21-36,85-86H,19-20H2,1-12H3,(H,77,87)(H,78,88)(H,79,89)(H,80,90)(H,81,91)(H,82,92)(H,83,93)(H,84,94)/b14-13+,17-15+,18-16+. The summed E-state index contributed by atoms with van der Waals surface area (Å²) >= 11 is 0. The lowest BCUT2D eigenvalue weighted by atomic mass is 10.0. The average molecular weight is 1290 g/mol. The lowest BCUT2D eigenvalue weighted by Crippen LogP contribution is -2.21. The molecule has 0 saturated heterocycles. The number of ether oxygens (including phenoxy) is 2. The molecule has 0 fully saturated rings. The summed E-state index contributed by atoms with van der Waals surface area (Å²) in [5.41, 5.74) is 7.74. The molecule has 0 atom stereocenters. The molecule has 0 aliphatic carbocycles. The topological polar surface area (TPSA) is 292 Å². The zero-order chi connectivity index (χ0) is 69.1. The molecule has 20 heteroatoms. The van der Waals surface area contributed by atoms with E-state index in [1.165, 1.54) is 24.3 Å². The van der Waals surface area contributed by atoms with Crippen LogP contribution in [0.15, 0.2) is 134 Å². The fraction of sp³-hybridized carbons (Fsp3) is 0.184. The summed E-state index contributed by atoms with van der Waals surface area (Å²) in [4.78, 5) is 117. The predicted octanol–water partition coefficient (Wildman–Crippen LogP) is 14.6. The molecule has 0 saturated carbocycles. The van der Waals surface area contributed by atoms with Crippen LogP contribution in [0.5, 0.6) is 23.0 Å². The summed E-state index contributed by atoms with van der Waals surface area (Å²) in [6.45, 7) is 20.5. The zero-order valence-corrected chi connectivity index (χ0v) is 55.1. The normalized spacial score (nSPS) is 15.1. The second kappa shape index (κ2) is 27.6. The van der Waals surface area contributed by atoms with Crippen LogP contribution in [0.4, 0.5) is 45.5 Å². The van der Waals surface area contributed by atoms with Gasteiger partial charge in [-0.2, -0.15) is 0 Å². The van der Waals surface area contributed by atoms with Crippen molar-refractivity contribution in [1.82, 2.24) is 0 Å². The number of allylic oxidation sites excluding steroid dienone is 4. The second-order valence-electron chi connectivity index (χ2n) is 24.2. The van der Waals surface area contributed by atoms with Crippen LogP contribution in [-0.2, 0) is 0 Å². The molecular weight excluding hydrogens is 1220 g/mol. The van der Waals surface area contributed by atoms with E-state index in [4.69, 9.17) is 9.47 Å². The molecule has 20 nitrogen and oxygen atoms in total. The van der Waals surface area contributed by atoms with Gasteiger partial charge in [0.05, 0.1) is 44.5 Å². The minimum Gasteiger partial charge on any atom is -0.506 e. The van der Waals surface area contributed by atoms with Gasteiger partial charge in [-0.15, -0.1) is 0 Å². The number of fused-ring (bicyclic) bond motifs is 18. The van der Waals surface area contributed by atoms with Gasteiger partial charge in [-0.05, 0) is 235 Å². The largest absolute Gasteiger partial charge is 0.506 e. The molecule has 0 aromatic heterocycles. The SMILES string of the molecule is Cc1cc2c(O)c(c1)C(=O)Nc1cc(c(C)cc1C)NC(=O)c1cc(C)cc3c1OC/C=C/C=C/C=C/COc1c(cc(C)cc1C(=O)Nc1cc(c(C)cc1C)NC(=O)c1cc(C)cc(c1O)C(=O)Nc1cc(c(C)cc1C)NC3=O)C(=O)Nc1cc(c(C)cc1C)NC2=O. The number of nitrogens with one attached hydrogen (secondary N) is 8. The van der Waals surface area contributed by atoms with Crippen molar-refractivity contribution in [2.24, 2.45) is 0 Å². The number of phenolic OH excluding ortho intramolecular Hbond substituents is 2. The van der Waals surface area contributed by atoms with Gasteiger partial charge in [0.25, 0.3) is 47.3 Å². The molecule has 2 aliphatic rings. The molecule has 10 N–H and O–H groups in total. The Balaban J connectivity index is 1.14. The van der Waals surface area contributed by atoms with E-state index in [1.54, 1.807) is 192 Å². The third-order valence-electron chi connectivity index (χ3n) is 16.5. The Morgan fingerprint density at radius 1 is 0.250 bits per heavy atom. The van der Waals surface area contributed by atoms with Crippen LogP contribution in [0.2, 0.25) is 0 Å². The molecule has 488 valence electrons. The Bertz CT molecular complexity index is 4210. The maximum Gasteiger partial charge on any atom is 0.259 e. The van der Waals surface area contributed by atoms with Gasteiger partial charge in [-0.1, -0.05) is 48.6 Å². The van der Waals surface area contributed by atoms with Crippen molar-refractivity contribution in [1.29, 1.82) is 0 Å². The molecule has 8 amide bonds. The van der Waals surface area contributed by atoms with Crippen molar-refractivity contribution < 1.29 is 58.0 Å². The van der Waals surface area contributed by atoms with Crippen molar-refractivity contribution in [3.05, 3.63) is 245 Å². The van der Waals surface area contributed by atoms with Crippen molar-refractivity contribution in [3.63, 3.8) is 0 Å². The van der Waals surface area contributed by atoms with Crippen molar-refractivity contribution in [2.45, 2.75) is 83.1 Å². The first-order valence-electron chi connectivity index (χ1n) is 30.8. The number of aryl methyl sites for hydroxylation is 12. The van der Waals surface area contributed by atoms with Gasteiger partial charge in [0, 0.05) is 45.5 Å². The van der Waals surface area contributed by atoms with Crippen LogP contribution < -0.4 is 52.0 Å². The number of phenols is 2. The maximum absolute atomic E-state index is 14.9. The van der Waals surface area contributed by atoms with Gasteiger partial charge in [-0.25, -0.2) is 0 Å². The van der Waals surface area contributed by atoms with Gasteiger partial charge >= 0.3 is 0 Å². The third kappa shape index (κ3) is 14.4. The molecule has 0 unspecified atom stereocenters. The summed E-state index contributed by atoms with van der Waals surface area (Å²) < 4.78 is 12.8. The average Bonchev–Trinajstić information content (AvgIpc) is 0.806. The number of carbonyl (C=O) groups is 8. The summed E-state index contributed by atoms with van der Waals surface area (Å²) in [6.07, 6.45) is 10.1. The summed E-state index contributed by atoms with van der Waals surface area (Å²) in [5, 5.41) is 46.8. The van der Waals surface area contributed by atoms with Crippen LogP contribution in [0.1, 0.15) is 150 Å². The van der Waals surface area contributed by atoms with E-state index >= 15 is 0 Å². The molecule has 0 spiro atoms. The summed E-state index contributed by atoms with van der Waals surface area (Å²) in [5.74, 6) is -7.28. The number of carbonyl (C=O) groups excluding carboxylic acids is 8. The molecule has 2 aliphatic heterocycles. The molecule has 14 bridgehead atoms. The minimum atomic E-state index is -0.776. The van der Waals surface area contributed by atoms with Crippen LogP contribution in [-0.4, -0.2) is 70.7 Å². The van der Waals surface area contributed by atoms with Gasteiger partial charge in [0.15, 0.2) is 0 Å². The van der Waals surface area contributed by atoms with Gasteiger partial charge in [-0.3, -0.25) is 38.4 Å². The smallest absolute Gasteiger partial charge is 0.259 e. The second-order valence-corrected chi connectivity index (χ2v) is 24.2. The molecular formula is C76H72N8O12. The van der Waals surface area contributed by atoms with E-state index in [1.807, 2.05) is 0 Å². The highest BCUT2D eigenvalue weighted by Gasteiger charge is 2.29. The first-order chi connectivity index (χ1) is 45.6. The number of hydrogen-bond donors (Lipinski definition) is 10. The number of aromatic hydroxyl groups is 2. The van der Waals surface area contributed by atoms with Crippen molar-refractivity contribution >= 4 is 92.8 Å². The van der Waals surface area contributed by atoms with Crippen LogP contribution in [0, 0.1) is 83.1 Å². The Labute approximate surface area is 554 Å². The number of anilines is 8. The van der Waals surface area contributed by atoms with E-state index in [2.05, 4.69) is 42.5 Å². The first-order valence-corrected chi connectivity index (χ1v) is 30.8. The van der Waals surface area contributed by atoms with Crippen LogP contribution >= 0.6 is 0 Å². The zero-order valence-electron chi connectivity index (χ0n) is 55.1. The lowest BCUT2D eigenvalue weighted by Gasteiger charge is -2.19. The highest BCUT2D eigenvalue weighted by Crippen LogP contribution is 2.37. The van der Waals surface area contributed by atoms with E-state index in [9.17, 15) is 48.6 Å². The molecule has 96 heavy (non-hydrogen) atoms. The fourth-order valence-corrected chi connectivity index (χ4v) is 11.4. The Morgan fingerprint density at radius 3 is 0.625 bits per heavy atom. The number of benzene rings is 8. The molecule has 8 aromatic carbocycles. The fourth-order valence-electron chi connectivity index (χ4n) is 11.4. The van der Waals surface area contributed by atoms with Crippen molar-refractivity contribution in [2.75, 3.05) is 55.7 Å². The van der Waals surface area contributed by atoms with Gasteiger partial charge in [0.1, 0.15) is 36.2 Å². The lowest BCUT2D eigenvalue weighted by molar-refractivity contribution is 0.1000. The molecule has 0 radical (unpaired) electrons. The minimum absolute atomic E-state index is 0.0323. The highest BCUT2D eigenvalue weighted by molar-refractivity contribution is 6.17. The Kier molecular flexibility index (Phi) is 19.2. The predicted molar refractivity (Wildman–Crippen MR) is 374 cm³/mol. The maximum atomic E-state index is 14.9.